The molecule has 0 spiro atoms. The van der Waals surface area contributed by atoms with Crippen molar-refractivity contribution in [3.63, 3.8) is 0 Å². The van der Waals surface area contributed by atoms with Crippen molar-refractivity contribution in [2.24, 2.45) is 11.7 Å². The van der Waals surface area contributed by atoms with Crippen LogP contribution in [0.2, 0.25) is 10.0 Å². The number of nitrogens with one attached hydrogen (secondary N) is 1. The van der Waals surface area contributed by atoms with E-state index in [1.165, 1.54) is 0 Å². The first-order valence-corrected chi connectivity index (χ1v) is 6.67. The van der Waals surface area contributed by atoms with Gasteiger partial charge < -0.3 is 11.1 Å². The number of nitrogens with two attached hydrogens (primary N) is 1. The summed E-state index contributed by atoms with van der Waals surface area (Å²) in [5.74, 6) is 0.535. The summed E-state index contributed by atoms with van der Waals surface area (Å²) in [7, 11) is 0. The zero-order valence-corrected chi connectivity index (χ0v) is 11.9. The Labute approximate surface area is 113 Å². The predicted octanol–water partition coefficient (Wildman–Crippen LogP) is 3.11. The van der Waals surface area contributed by atoms with Crippen molar-refractivity contribution < 1.29 is 0 Å². The molecule has 1 aromatic rings. The van der Waals surface area contributed by atoms with Crippen molar-refractivity contribution in [1.29, 1.82) is 0 Å². The number of rotatable bonds is 6. The highest BCUT2D eigenvalue weighted by molar-refractivity contribution is 6.35. The fourth-order valence-corrected chi connectivity index (χ4v) is 2.22. The summed E-state index contributed by atoms with van der Waals surface area (Å²) in [5, 5.41) is 4.85. The van der Waals surface area contributed by atoms with Gasteiger partial charge in [-0.25, -0.2) is 0 Å². The molecule has 17 heavy (non-hydrogen) atoms. The second-order valence-corrected chi connectivity index (χ2v) is 5.38. The van der Waals surface area contributed by atoms with Gasteiger partial charge in [-0.3, -0.25) is 0 Å². The topological polar surface area (TPSA) is 38.0 Å². The molecule has 0 aliphatic heterocycles. The lowest BCUT2D eigenvalue weighted by atomic mass is 9.96. The highest BCUT2D eigenvalue weighted by atomic mass is 35.5. The quantitative estimate of drug-likeness (QED) is 0.837. The van der Waals surface area contributed by atoms with Gasteiger partial charge >= 0.3 is 0 Å². The van der Waals surface area contributed by atoms with Crippen LogP contribution < -0.4 is 11.1 Å². The fraction of sp³-hybridized carbons (Fsp3) is 0.538. The Morgan fingerprint density at radius 1 is 1.29 bits per heavy atom. The highest BCUT2D eigenvalue weighted by Gasteiger charge is 2.14. The third-order valence-corrected chi connectivity index (χ3v) is 3.40. The summed E-state index contributed by atoms with van der Waals surface area (Å²) in [6.07, 6.45) is 0.896. The molecule has 1 rings (SSSR count). The van der Waals surface area contributed by atoms with Crippen molar-refractivity contribution >= 4 is 23.2 Å². The molecular formula is C13H20Cl2N2. The first-order chi connectivity index (χ1) is 8.04. The van der Waals surface area contributed by atoms with Crippen LogP contribution in [0, 0.1) is 5.92 Å². The number of hydrogen-bond acceptors (Lipinski definition) is 2. The molecule has 0 radical (unpaired) electrons. The van der Waals surface area contributed by atoms with Crippen molar-refractivity contribution in [3.05, 3.63) is 33.8 Å². The van der Waals surface area contributed by atoms with E-state index in [4.69, 9.17) is 28.9 Å². The van der Waals surface area contributed by atoms with Crippen LogP contribution in [-0.2, 0) is 6.42 Å². The van der Waals surface area contributed by atoms with Crippen LogP contribution in [0.3, 0.4) is 0 Å². The van der Waals surface area contributed by atoms with Crippen LogP contribution in [0.5, 0.6) is 0 Å². The molecule has 96 valence electrons. The molecule has 0 saturated heterocycles. The van der Waals surface area contributed by atoms with Gasteiger partial charge in [0.15, 0.2) is 0 Å². The fourth-order valence-electron chi connectivity index (χ4n) is 1.74. The number of hydrogen-bond donors (Lipinski definition) is 2. The van der Waals surface area contributed by atoms with E-state index in [2.05, 4.69) is 19.2 Å². The van der Waals surface area contributed by atoms with Crippen LogP contribution in [0.25, 0.3) is 0 Å². The summed E-state index contributed by atoms with van der Waals surface area (Å²) in [6.45, 7) is 5.86. The largest absolute Gasteiger partial charge is 0.329 e. The van der Waals surface area contributed by atoms with Crippen LogP contribution in [0.4, 0.5) is 0 Å². The summed E-state index contributed by atoms with van der Waals surface area (Å²) >= 11 is 12.1. The number of benzene rings is 1. The van der Waals surface area contributed by atoms with Gasteiger partial charge in [-0.2, -0.15) is 0 Å². The molecular weight excluding hydrogens is 255 g/mol. The monoisotopic (exact) mass is 274 g/mol. The lowest BCUT2D eigenvalue weighted by Crippen LogP contribution is -2.38. The van der Waals surface area contributed by atoms with E-state index in [9.17, 15) is 0 Å². The van der Waals surface area contributed by atoms with Crippen LogP contribution >= 0.6 is 23.2 Å². The van der Waals surface area contributed by atoms with Crippen LogP contribution in [0.1, 0.15) is 19.4 Å². The van der Waals surface area contributed by atoms with Crippen LogP contribution in [-0.4, -0.2) is 19.1 Å². The minimum atomic E-state index is 0.386. The van der Waals surface area contributed by atoms with Crippen molar-refractivity contribution in [2.75, 3.05) is 13.1 Å². The molecule has 4 heteroatoms. The van der Waals surface area contributed by atoms with E-state index in [1.807, 2.05) is 12.1 Å². The molecule has 0 bridgehead atoms. The normalized spacial score (nSPS) is 13.1. The second kappa shape index (κ2) is 7.22. The molecule has 0 aliphatic carbocycles. The van der Waals surface area contributed by atoms with Gasteiger partial charge in [-0.15, -0.1) is 0 Å². The maximum absolute atomic E-state index is 6.18. The van der Waals surface area contributed by atoms with Gasteiger partial charge in [-0.05, 0) is 30.0 Å². The smallest absolute Gasteiger partial charge is 0.0453 e. The molecule has 1 aromatic carbocycles. The molecule has 2 nitrogen and oxygen atoms in total. The molecule has 0 fully saturated rings. The van der Waals surface area contributed by atoms with Gasteiger partial charge in [0.2, 0.25) is 0 Å². The first-order valence-electron chi connectivity index (χ1n) is 5.92. The van der Waals surface area contributed by atoms with E-state index < -0.39 is 0 Å². The molecule has 1 atom stereocenters. The predicted molar refractivity (Wildman–Crippen MR) is 75.8 cm³/mol. The van der Waals surface area contributed by atoms with Gasteiger partial charge in [0.05, 0.1) is 0 Å². The zero-order chi connectivity index (χ0) is 12.8. The number of halogens is 2. The Kier molecular flexibility index (Phi) is 6.28. The maximum Gasteiger partial charge on any atom is 0.0453 e. The maximum atomic E-state index is 6.18. The third-order valence-electron chi connectivity index (χ3n) is 2.81. The SMILES string of the molecule is CC(C)C(Cc1ccc(Cl)cc1Cl)NCCN. The average Bonchev–Trinajstić information content (AvgIpc) is 2.26. The Morgan fingerprint density at radius 2 is 2.00 bits per heavy atom. The summed E-state index contributed by atoms with van der Waals surface area (Å²) in [6, 6.07) is 6.05. The second-order valence-electron chi connectivity index (χ2n) is 4.53. The minimum absolute atomic E-state index is 0.386. The van der Waals surface area contributed by atoms with E-state index in [1.54, 1.807) is 6.07 Å². The molecule has 3 N–H and O–H groups in total. The van der Waals surface area contributed by atoms with E-state index in [-0.39, 0.29) is 0 Å². The van der Waals surface area contributed by atoms with Crippen molar-refractivity contribution in [2.45, 2.75) is 26.3 Å². The molecule has 0 aliphatic rings. The third kappa shape index (κ3) is 4.84. The zero-order valence-electron chi connectivity index (χ0n) is 10.3. The average molecular weight is 275 g/mol. The summed E-state index contributed by atoms with van der Waals surface area (Å²) in [5.41, 5.74) is 6.64. The lowest BCUT2D eigenvalue weighted by molar-refractivity contribution is 0.401. The van der Waals surface area contributed by atoms with Crippen molar-refractivity contribution in [1.82, 2.24) is 5.32 Å². The lowest BCUT2D eigenvalue weighted by Gasteiger charge is -2.22. The van der Waals surface area contributed by atoms with Gasteiger partial charge in [-0.1, -0.05) is 43.1 Å². The summed E-state index contributed by atoms with van der Waals surface area (Å²) < 4.78 is 0. The highest BCUT2D eigenvalue weighted by Crippen LogP contribution is 2.23. The molecule has 1 unspecified atom stereocenters. The molecule has 0 amide bonds. The van der Waals surface area contributed by atoms with Gasteiger partial charge in [0.1, 0.15) is 0 Å². The Hall–Kier alpha value is -0.280. The Morgan fingerprint density at radius 3 is 2.53 bits per heavy atom. The van der Waals surface area contributed by atoms with Crippen molar-refractivity contribution in [3.8, 4) is 0 Å². The molecule has 0 aromatic heterocycles. The molecule has 0 saturated carbocycles. The van der Waals surface area contributed by atoms with E-state index >= 15 is 0 Å². The summed E-state index contributed by atoms with van der Waals surface area (Å²) in [4.78, 5) is 0. The Balaban J connectivity index is 2.71. The molecule has 0 heterocycles. The van der Waals surface area contributed by atoms with E-state index in [0.717, 1.165) is 23.6 Å². The standard InChI is InChI=1S/C13H20Cl2N2/c1-9(2)13(17-6-5-16)7-10-3-4-11(14)8-12(10)15/h3-4,8-9,13,17H,5-7,16H2,1-2H3. The minimum Gasteiger partial charge on any atom is -0.329 e. The van der Waals surface area contributed by atoms with E-state index in [0.29, 0.717) is 23.5 Å². The Bertz CT molecular complexity index is 353. The van der Waals surface area contributed by atoms with Gasteiger partial charge in [0, 0.05) is 29.2 Å². The van der Waals surface area contributed by atoms with Gasteiger partial charge in [0.25, 0.3) is 0 Å². The first kappa shape index (κ1) is 14.8. The van der Waals surface area contributed by atoms with Crippen LogP contribution in [0.15, 0.2) is 18.2 Å².